The van der Waals surface area contributed by atoms with Gasteiger partial charge in [0.05, 0.1) is 6.10 Å². The molecule has 0 heterocycles. The molecular formula is C26H53NO5S. The predicted octanol–water partition coefficient (Wildman–Crippen LogP) is 6.51. The molecule has 0 radical (unpaired) electrons. The van der Waals surface area contributed by atoms with E-state index in [9.17, 15) is 22.9 Å². The summed E-state index contributed by atoms with van der Waals surface area (Å²) < 4.78 is 33.0. The van der Waals surface area contributed by atoms with E-state index < -0.39 is 21.5 Å². The largest absolute Gasteiger partial charge is 0.392 e. The van der Waals surface area contributed by atoms with Crippen LogP contribution in [0.3, 0.4) is 0 Å². The lowest BCUT2D eigenvalue weighted by Gasteiger charge is -2.22. The maximum absolute atomic E-state index is 12.5. The Bertz CT molecular complexity index is 559. The van der Waals surface area contributed by atoms with Gasteiger partial charge >= 0.3 is 0 Å². The SMILES string of the molecule is CCCCCCCCC(C(O)CCCCCCCC(=O)N(CCCC)CCCC)S(=O)(=O)O. The minimum absolute atomic E-state index is 0.262. The van der Waals surface area contributed by atoms with Crippen LogP contribution in [0, 0.1) is 0 Å². The van der Waals surface area contributed by atoms with Gasteiger partial charge in [-0.3, -0.25) is 9.35 Å². The van der Waals surface area contributed by atoms with Crippen LogP contribution < -0.4 is 0 Å². The van der Waals surface area contributed by atoms with E-state index in [0.29, 0.717) is 25.7 Å². The second-order valence-electron chi connectivity index (χ2n) is 9.57. The van der Waals surface area contributed by atoms with Gasteiger partial charge in [0, 0.05) is 19.5 Å². The normalized spacial score (nSPS) is 13.7. The third-order valence-corrected chi connectivity index (χ3v) is 7.78. The fraction of sp³-hybridized carbons (Fsp3) is 0.962. The van der Waals surface area contributed by atoms with Gasteiger partial charge in [0.1, 0.15) is 5.25 Å². The van der Waals surface area contributed by atoms with Crippen molar-refractivity contribution in [3.05, 3.63) is 0 Å². The molecule has 2 unspecified atom stereocenters. The number of hydrogen-bond donors (Lipinski definition) is 2. The van der Waals surface area contributed by atoms with Crippen molar-refractivity contribution in [1.82, 2.24) is 4.90 Å². The van der Waals surface area contributed by atoms with Gasteiger partial charge in [0.15, 0.2) is 0 Å². The molecular weight excluding hydrogens is 438 g/mol. The summed E-state index contributed by atoms with van der Waals surface area (Å²) in [7, 11) is -4.24. The van der Waals surface area contributed by atoms with Gasteiger partial charge in [0.25, 0.3) is 10.1 Å². The first-order valence-corrected chi connectivity index (χ1v) is 15.2. The molecule has 0 bridgehead atoms. The Kier molecular flexibility index (Phi) is 20.3. The smallest absolute Gasteiger partial charge is 0.270 e. The number of carbonyl (C=O) groups excluding carboxylic acids is 1. The molecule has 2 atom stereocenters. The minimum atomic E-state index is -4.24. The average Bonchev–Trinajstić information content (AvgIpc) is 2.76. The zero-order valence-electron chi connectivity index (χ0n) is 21.8. The molecule has 0 aliphatic rings. The molecule has 0 aromatic rings. The fourth-order valence-electron chi connectivity index (χ4n) is 4.23. The molecule has 7 heteroatoms. The van der Waals surface area contributed by atoms with Crippen LogP contribution in [0.4, 0.5) is 0 Å². The maximum Gasteiger partial charge on any atom is 0.270 e. The molecule has 0 aliphatic heterocycles. The highest BCUT2D eigenvalue weighted by Gasteiger charge is 2.30. The lowest BCUT2D eigenvalue weighted by Crippen LogP contribution is -2.33. The molecule has 0 saturated heterocycles. The topological polar surface area (TPSA) is 94.9 Å². The monoisotopic (exact) mass is 491 g/mol. The summed E-state index contributed by atoms with van der Waals surface area (Å²) >= 11 is 0. The van der Waals surface area contributed by atoms with E-state index in [4.69, 9.17) is 0 Å². The highest BCUT2D eigenvalue weighted by atomic mass is 32.2. The minimum Gasteiger partial charge on any atom is -0.392 e. The Morgan fingerprint density at radius 2 is 1.15 bits per heavy atom. The molecule has 0 rings (SSSR count). The summed E-state index contributed by atoms with van der Waals surface area (Å²) in [5.41, 5.74) is 0. The summed E-state index contributed by atoms with van der Waals surface area (Å²) in [6, 6.07) is 0. The number of rotatable bonds is 23. The van der Waals surface area contributed by atoms with Gasteiger partial charge in [-0.1, -0.05) is 97.8 Å². The van der Waals surface area contributed by atoms with E-state index >= 15 is 0 Å². The number of amides is 1. The highest BCUT2D eigenvalue weighted by Crippen LogP contribution is 2.20. The van der Waals surface area contributed by atoms with Crippen molar-refractivity contribution in [1.29, 1.82) is 0 Å². The maximum atomic E-state index is 12.5. The van der Waals surface area contributed by atoms with Crippen molar-refractivity contribution < 1.29 is 22.9 Å². The standard InChI is InChI=1S/C26H53NO5S/c1-4-7-10-11-14-17-20-25(33(30,31)32)24(28)19-16-13-12-15-18-21-26(29)27(22-8-5-2)23-9-6-3/h24-25,28H,4-23H2,1-3H3,(H,30,31,32). The molecule has 0 saturated carbocycles. The first kappa shape index (κ1) is 32.3. The number of aliphatic hydroxyl groups excluding tert-OH is 1. The fourth-order valence-corrected chi connectivity index (χ4v) is 5.23. The van der Waals surface area contributed by atoms with Crippen LogP contribution in [-0.4, -0.2) is 53.3 Å². The van der Waals surface area contributed by atoms with Crippen molar-refractivity contribution in [3.63, 3.8) is 0 Å². The number of carbonyl (C=O) groups is 1. The van der Waals surface area contributed by atoms with Crippen LogP contribution in [0.1, 0.15) is 136 Å². The molecule has 0 aliphatic carbocycles. The number of aliphatic hydroxyl groups is 1. The second-order valence-corrected chi connectivity index (χ2v) is 11.2. The molecule has 0 spiro atoms. The summed E-state index contributed by atoms with van der Waals surface area (Å²) in [5, 5.41) is 9.30. The van der Waals surface area contributed by atoms with E-state index in [2.05, 4.69) is 20.8 Å². The van der Waals surface area contributed by atoms with Crippen LogP contribution >= 0.6 is 0 Å². The zero-order chi connectivity index (χ0) is 25.0. The molecule has 2 N–H and O–H groups in total. The molecule has 1 amide bonds. The van der Waals surface area contributed by atoms with E-state index in [1.54, 1.807) is 0 Å². The van der Waals surface area contributed by atoms with Crippen LogP contribution in [0.2, 0.25) is 0 Å². The van der Waals surface area contributed by atoms with Gasteiger partial charge < -0.3 is 10.0 Å². The Morgan fingerprint density at radius 1 is 0.697 bits per heavy atom. The molecule has 33 heavy (non-hydrogen) atoms. The van der Waals surface area contributed by atoms with E-state index in [0.717, 1.165) is 90.1 Å². The molecule has 6 nitrogen and oxygen atoms in total. The van der Waals surface area contributed by atoms with Crippen molar-refractivity contribution in [2.45, 2.75) is 148 Å². The average molecular weight is 492 g/mol. The summed E-state index contributed by atoms with van der Waals surface area (Å²) in [4.78, 5) is 14.5. The van der Waals surface area contributed by atoms with Crippen molar-refractivity contribution in [3.8, 4) is 0 Å². The van der Waals surface area contributed by atoms with Crippen molar-refractivity contribution >= 4 is 16.0 Å². The van der Waals surface area contributed by atoms with Gasteiger partial charge in [-0.15, -0.1) is 0 Å². The summed E-state index contributed by atoms with van der Waals surface area (Å²) in [5.74, 6) is 0.262. The van der Waals surface area contributed by atoms with Gasteiger partial charge in [0.2, 0.25) is 5.91 Å². The number of hydrogen-bond acceptors (Lipinski definition) is 4. The Labute approximate surface area is 204 Å². The Balaban J connectivity index is 4.11. The molecule has 0 fully saturated rings. The van der Waals surface area contributed by atoms with Crippen molar-refractivity contribution in [2.24, 2.45) is 0 Å². The van der Waals surface area contributed by atoms with Crippen LogP contribution in [0.25, 0.3) is 0 Å². The predicted molar refractivity (Wildman–Crippen MR) is 138 cm³/mol. The third-order valence-electron chi connectivity index (χ3n) is 6.46. The summed E-state index contributed by atoms with van der Waals surface area (Å²) in [6.45, 7) is 8.17. The first-order valence-electron chi connectivity index (χ1n) is 13.7. The van der Waals surface area contributed by atoms with Gasteiger partial charge in [-0.05, 0) is 32.1 Å². The highest BCUT2D eigenvalue weighted by molar-refractivity contribution is 7.86. The van der Waals surface area contributed by atoms with E-state index in [-0.39, 0.29) is 5.91 Å². The first-order chi connectivity index (χ1) is 15.8. The van der Waals surface area contributed by atoms with E-state index in [1.165, 1.54) is 12.8 Å². The molecule has 0 aromatic heterocycles. The van der Waals surface area contributed by atoms with Crippen LogP contribution in [0.15, 0.2) is 0 Å². The zero-order valence-corrected chi connectivity index (χ0v) is 22.6. The summed E-state index contributed by atoms with van der Waals surface area (Å²) in [6.07, 6.45) is 15.3. The quantitative estimate of drug-likeness (QED) is 0.125. The number of nitrogens with zero attached hydrogens (tertiary/aromatic N) is 1. The Morgan fingerprint density at radius 3 is 1.67 bits per heavy atom. The van der Waals surface area contributed by atoms with E-state index in [1.807, 2.05) is 4.90 Å². The second kappa shape index (κ2) is 20.7. The van der Waals surface area contributed by atoms with Crippen LogP contribution in [-0.2, 0) is 14.9 Å². The Hall–Kier alpha value is -0.660. The number of unbranched alkanes of at least 4 members (excludes halogenated alkanes) is 11. The van der Waals surface area contributed by atoms with Crippen molar-refractivity contribution in [2.75, 3.05) is 13.1 Å². The lowest BCUT2D eigenvalue weighted by atomic mass is 10.0. The van der Waals surface area contributed by atoms with Gasteiger partial charge in [-0.25, -0.2) is 0 Å². The third kappa shape index (κ3) is 17.4. The van der Waals surface area contributed by atoms with Crippen LogP contribution in [0.5, 0.6) is 0 Å². The molecule has 198 valence electrons. The molecule has 0 aromatic carbocycles. The lowest BCUT2D eigenvalue weighted by molar-refractivity contribution is -0.131. The van der Waals surface area contributed by atoms with Gasteiger partial charge in [-0.2, -0.15) is 8.42 Å².